The summed E-state index contributed by atoms with van der Waals surface area (Å²) in [7, 11) is 0. The third-order valence-electron chi connectivity index (χ3n) is 3.54. The van der Waals surface area contributed by atoms with E-state index in [0.29, 0.717) is 18.7 Å². The molecule has 2 atom stereocenters. The molecule has 0 aliphatic heterocycles. The van der Waals surface area contributed by atoms with Crippen molar-refractivity contribution in [2.75, 3.05) is 6.54 Å². The second-order valence-electron chi connectivity index (χ2n) is 5.08. The van der Waals surface area contributed by atoms with E-state index in [4.69, 9.17) is 5.26 Å². The minimum absolute atomic E-state index is 0.260. The van der Waals surface area contributed by atoms with Gasteiger partial charge in [-0.2, -0.15) is 5.26 Å². The van der Waals surface area contributed by atoms with Gasteiger partial charge in [-0.3, -0.25) is 0 Å². The molecule has 0 aromatic heterocycles. The number of nitrogens with zero attached hydrogens (tertiary/aromatic N) is 1. The van der Waals surface area contributed by atoms with Crippen LogP contribution in [0.25, 0.3) is 0 Å². The summed E-state index contributed by atoms with van der Waals surface area (Å²) in [6.45, 7) is 7.22. The second kappa shape index (κ2) is 6.53. The molecule has 0 bridgehead atoms. The van der Waals surface area contributed by atoms with Gasteiger partial charge >= 0.3 is 0 Å². The Hall–Kier alpha value is -1.37. The summed E-state index contributed by atoms with van der Waals surface area (Å²) in [5.41, 5.74) is 1.04. The van der Waals surface area contributed by atoms with Crippen LogP contribution in [0.1, 0.15) is 38.3 Å². The summed E-state index contributed by atoms with van der Waals surface area (Å²) < 4.78 is 0. The van der Waals surface area contributed by atoms with Crippen molar-refractivity contribution in [2.45, 2.75) is 39.3 Å². The van der Waals surface area contributed by atoms with E-state index in [2.05, 4.69) is 25.2 Å². The number of nitriles is 1. The topological polar surface area (TPSA) is 56.0 Å². The normalized spacial score (nSPS) is 15.7. The molecule has 98 valence electrons. The highest BCUT2D eigenvalue weighted by Crippen LogP contribution is 2.19. The first kappa shape index (κ1) is 14.7. The lowest BCUT2D eigenvalue weighted by Crippen LogP contribution is -2.42. The van der Waals surface area contributed by atoms with Gasteiger partial charge in [0.25, 0.3) is 0 Å². The molecule has 1 rings (SSSR count). The first-order valence-electron chi connectivity index (χ1n) is 6.41. The van der Waals surface area contributed by atoms with Gasteiger partial charge in [-0.25, -0.2) is 0 Å². The number of aliphatic hydroxyl groups is 1. The predicted molar refractivity (Wildman–Crippen MR) is 72.9 cm³/mol. The monoisotopic (exact) mass is 246 g/mol. The third kappa shape index (κ3) is 4.14. The Morgan fingerprint density at radius 3 is 2.83 bits per heavy atom. The molecule has 2 N–H and O–H groups in total. The van der Waals surface area contributed by atoms with E-state index in [1.807, 2.05) is 25.1 Å². The molecule has 0 radical (unpaired) electrons. The van der Waals surface area contributed by atoms with E-state index in [1.165, 1.54) is 0 Å². The van der Waals surface area contributed by atoms with Crippen molar-refractivity contribution >= 4 is 0 Å². The fourth-order valence-corrected chi connectivity index (χ4v) is 1.82. The molecule has 0 saturated carbocycles. The van der Waals surface area contributed by atoms with Gasteiger partial charge in [-0.1, -0.05) is 32.4 Å². The highest BCUT2D eigenvalue weighted by atomic mass is 16.3. The molecule has 1 aromatic carbocycles. The van der Waals surface area contributed by atoms with E-state index < -0.39 is 5.60 Å². The summed E-state index contributed by atoms with van der Waals surface area (Å²) in [5, 5.41) is 22.3. The maximum Gasteiger partial charge on any atom is 0.0991 e. The molecule has 2 unspecified atom stereocenters. The quantitative estimate of drug-likeness (QED) is 0.810. The van der Waals surface area contributed by atoms with Crippen LogP contribution >= 0.6 is 0 Å². The molecule has 0 heterocycles. The van der Waals surface area contributed by atoms with Gasteiger partial charge in [-0.05, 0) is 30.5 Å². The van der Waals surface area contributed by atoms with E-state index in [9.17, 15) is 5.11 Å². The minimum Gasteiger partial charge on any atom is -0.389 e. The van der Waals surface area contributed by atoms with Crippen molar-refractivity contribution in [3.05, 3.63) is 35.4 Å². The number of nitrogens with one attached hydrogen (secondary N) is 1. The van der Waals surface area contributed by atoms with Crippen molar-refractivity contribution < 1.29 is 5.11 Å². The van der Waals surface area contributed by atoms with Crippen LogP contribution in [0.2, 0.25) is 0 Å². The summed E-state index contributed by atoms with van der Waals surface area (Å²) in [6, 6.07) is 9.64. The van der Waals surface area contributed by atoms with Gasteiger partial charge in [-0.15, -0.1) is 0 Å². The maximum atomic E-state index is 10.2. The molecule has 0 aliphatic carbocycles. The van der Waals surface area contributed by atoms with Gasteiger partial charge in [0, 0.05) is 13.1 Å². The highest BCUT2D eigenvalue weighted by molar-refractivity contribution is 5.32. The van der Waals surface area contributed by atoms with Crippen molar-refractivity contribution in [3.63, 3.8) is 0 Å². The second-order valence-corrected chi connectivity index (χ2v) is 5.08. The van der Waals surface area contributed by atoms with Gasteiger partial charge < -0.3 is 10.4 Å². The molecule has 0 amide bonds. The van der Waals surface area contributed by atoms with Crippen LogP contribution < -0.4 is 5.32 Å². The first-order valence-corrected chi connectivity index (χ1v) is 6.41. The number of rotatable bonds is 6. The standard InChI is InChI=1S/C15H22N2O/c1-4-12(2)15(3,18)11-17-10-14-7-5-6-13(8-14)9-16/h5-8,12,17-18H,4,10-11H2,1-3H3. The zero-order valence-corrected chi connectivity index (χ0v) is 11.4. The van der Waals surface area contributed by atoms with E-state index in [0.717, 1.165) is 12.0 Å². The van der Waals surface area contributed by atoms with Crippen molar-refractivity contribution in [2.24, 2.45) is 5.92 Å². The van der Waals surface area contributed by atoms with Crippen LogP contribution in [0.15, 0.2) is 24.3 Å². The molecule has 3 heteroatoms. The van der Waals surface area contributed by atoms with Gasteiger partial charge in [0.1, 0.15) is 0 Å². The molecular formula is C15H22N2O. The Bertz CT molecular complexity index is 421. The predicted octanol–water partition coefficient (Wildman–Crippen LogP) is 2.44. The Labute approximate surface area is 109 Å². The van der Waals surface area contributed by atoms with Crippen molar-refractivity contribution in [3.8, 4) is 6.07 Å². The molecule has 0 aliphatic rings. The van der Waals surface area contributed by atoms with E-state index >= 15 is 0 Å². The Kier molecular flexibility index (Phi) is 5.33. The zero-order valence-electron chi connectivity index (χ0n) is 11.4. The highest BCUT2D eigenvalue weighted by Gasteiger charge is 2.26. The average molecular weight is 246 g/mol. The molecule has 0 fully saturated rings. The molecule has 0 saturated heterocycles. The fourth-order valence-electron chi connectivity index (χ4n) is 1.82. The van der Waals surface area contributed by atoms with Gasteiger partial charge in [0.15, 0.2) is 0 Å². The molecule has 18 heavy (non-hydrogen) atoms. The molecule has 3 nitrogen and oxygen atoms in total. The Balaban J connectivity index is 2.49. The molecule has 1 aromatic rings. The summed E-state index contributed by atoms with van der Waals surface area (Å²) >= 11 is 0. The Morgan fingerprint density at radius 1 is 1.50 bits per heavy atom. The number of hydrogen-bond acceptors (Lipinski definition) is 3. The first-order chi connectivity index (χ1) is 8.49. The summed E-state index contributed by atoms with van der Waals surface area (Å²) in [6.07, 6.45) is 0.957. The lowest BCUT2D eigenvalue weighted by atomic mass is 9.88. The van der Waals surface area contributed by atoms with Crippen molar-refractivity contribution in [1.82, 2.24) is 5.32 Å². The van der Waals surface area contributed by atoms with Crippen LogP contribution in [0.4, 0.5) is 0 Å². The lowest BCUT2D eigenvalue weighted by Gasteiger charge is -2.30. The van der Waals surface area contributed by atoms with Crippen LogP contribution in [-0.4, -0.2) is 17.3 Å². The van der Waals surface area contributed by atoms with Crippen LogP contribution in [-0.2, 0) is 6.54 Å². The zero-order chi connectivity index (χ0) is 13.6. The number of benzene rings is 1. The van der Waals surface area contributed by atoms with Crippen LogP contribution in [0.5, 0.6) is 0 Å². The maximum absolute atomic E-state index is 10.2. The SMILES string of the molecule is CCC(C)C(C)(O)CNCc1cccc(C#N)c1. The third-order valence-corrected chi connectivity index (χ3v) is 3.54. The smallest absolute Gasteiger partial charge is 0.0991 e. The van der Waals surface area contributed by atoms with Crippen LogP contribution in [0, 0.1) is 17.2 Å². The van der Waals surface area contributed by atoms with E-state index in [1.54, 1.807) is 6.07 Å². The summed E-state index contributed by atoms with van der Waals surface area (Å²) in [5.74, 6) is 0.260. The lowest BCUT2D eigenvalue weighted by molar-refractivity contribution is 0.00535. The van der Waals surface area contributed by atoms with Gasteiger partial charge in [0.2, 0.25) is 0 Å². The van der Waals surface area contributed by atoms with Crippen molar-refractivity contribution in [1.29, 1.82) is 5.26 Å². The average Bonchev–Trinajstić information content (AvgIpc) is 2.37. The van der Waals surface area contributed by atoms with Gasteiger partial charge in [0.05, 0.1) is 17.2 Å². The number of hydrogen-bond donors (Lipinski definition) is 2. The minimum atomic E-state index is -0.693. The fraction of sp³-hybridized carbons (Fsp3) is 0.533. The molecular weight excluding hydrogens is 224 g/mol. The Morgan fingerprint density at radius 2 is 2.22 bits per heavy atom. The van der Waals surface area contributed by atoms with E-state index in [-0.39, 0.29) is 5.92 Å². The summed E-state index contributed by atoms with van der Waals surface area (Å²) in [4.78, 5) is 0. The van der Waals surface area contributed by atoms with Crippen LogP contribution in [0.3, 0.4) is 0 Å². The molecule has 0 spiro atoms. The largest absolute Gasteiger partial charge is 0.389 e.